The first kappa shape index (κ1) is 73.2. The smallest absolute Gasteiger partial charge is 0.429 e. The van der Waals surface area contributed by atoms with Gasteiger partial charge in [-0.25, -0.2) is 24.4 Å². The number of carbonyl (C=O) groups excluding carboxylic acids is 9. The van der Waals surface area contributed by atoms with Crippen LogP contribution in [0.15, 0.2) is 109 Å². The van der Waals surface area contributed by atoms with E-state index in [1.807, 2.05) is 50.3 Å². The summed E-state index contributed by atoms with van der Waals surface area (Å²) < 4.78 is 35.3. The van der Waals surface area contributed by atoms with Crippen molar-refractivity contribution in [1.82, 2.24) is 36.6 Å². The van der Waals surface area contributed by atoms with Crippen molar-refractivity contribution >= 4 is 59.4 Å². The van der Waals surface area contributed by atoms with Crippen LogP contribution < -0.4 is 37.6 Å². The zero-order valence-electron chi connectivity index (χ0n) is 56.4. The summed E-state index contributed by atoms with van der Waals surface area (Å²) in [6.45, 7) is 14.5. The number of benzene rings is 3. The predicted molar refractivity (Wildman–Crippen MR) is 359 cm³/mol. The molecule has 8 rings (SSSR count). The van der Waals surface area contributed by atoms with Gasteiger partial charge in [0.15, 0.2) is 0 Å². The van der Waals surface area contributed by atoms with E-state index in [0.29, 0.717) is 82.3 Å². The molecule has 8 N–H and O–H groups in total. The van der Waals surface area contributed by atoms with Gasteiger partial charge in [-0.2, -0.15) is 0 Å². The molecular formula is C72H97N9O15. The van der Waals surface area contributed by atoms with Gasteiger partial charge in [0.25, 0.3) is 0 Å². The Kier molecular flexibility index (Phi) is 27.0. The van der Waals surface area contributed by atoms with Gasteiger partial charge in [0.05, 0.1) is 49.1 Å². The third-order valence-electron chi connectivity index (χ3n) is 18.1. The molecule has 96 heavy (non-hydrogen) atoms. The van der Waals surface area contributed by atoms with Crippen molar-refractivity contribution in [3.63, 3.8) is 0 Å². The lowest BCUT2D eigenvalue weighted by Gasteiger charge is -2.39. The minimum atomic E-state index is -1.07. The van der Waals surface area contributed by atoms with Gasteiger partial charge in [-0.1, -0.05) is 112 Å². The Morgan fingerprint density at radius 3 is 2.14 bits per heavy atom. The number of ether oxygens (including phenoxy) is 6. The van der Waals surface area contributed by atoms with Crippen molar-refractivity contribution in [2.24, 2.45) is 17.6 Å². The molecule has 4 aliphatic heterocycles. The third kappa shape index (κ3) is 22.0. The SMILES string of the molecule is CC(=O)O[C@@H](C)/C=C\C(=O)N[C@@H]1C[C@H](C)[C@H](C/C=C(C)/C=C/[C@@H]2C[C@]3(CO3)C[C@@H](CC(=O)N3CCCCN3C(=O)OCc3ccc(NC(=O)[C@H](CCCNC(N)=O)NC(=O)[C@@H](NC(=O)CCCCCNC(=O)OCC4c5ccccc5-c5ccccc54)C(C)C)cc3)O2)O[C@@H]1C. The van der Waals surface area contributed by atoms with E-state index in [9.17, 15) is 43.2 Å². The number of carbonyl (C=O) groups is 9. The normalized spacial score (nSPS) is 22.5. The molecule has 4 fully saturated rings. The summed E-state index contributed by atoms with van der Waals surface area (Å²) in [5.74, 6) is -2.61. The number of nitrogens with one attached hydrogen (secondary N) is 6. The van der Waals surface area contributed by atoms with Crippen molar-refractivity contribution in [2.45, 2.75) is 199 Å². The Hall–Kier alpha value is -8.61. The van der Waals surface area contributed by atoms with Crippen molar-refractivity contribution in [2.75, 3.05) is 44.7 Å². The number of hydrogen-bond donors (Lipinski definition) is 7. The standard InChI is InChI=1S/C72H97N9O15/c1-45(2)66(79-63(83)23-9-8-14-34-75-70(89)91-43-59-57-20-12-10-18-55(57)56-19-11-13-21-58(56)59)68(87)78-60(22-17-35-74-69(73)88)67(86)76-52-29-27-51(28-30-52)42-92-71(90)81-37-16-15-36-80(81)65(85)39-54-41-72(44-93-72)40-53(96-54)31-24-46(3)25-32-62-47(4)38-61(49(6)95-62)77-64(84)33-26-48(5)94-50(7)82/h10-13,18-21,24-31,33,45,47-49,53-54,59-62,66H,8-9,14-17,22-23,32,34-44H2,1-7H3,(H,75,89)(H,76,86)(H,77,84)(H,78,87)(H,79,83)(H3,73,74,88)/b31-24+,33-26-,46-25+/t47-,48-,49+,53+,54+,60-,61+,62-,66-,72+/m0/s1. The Labute approximate surface area is 562 Å². The molecule has 0 saturated carbocycles. The fraction of sp³-hybridized carbons (Fsp3) is 0.542. The van der Waals surface area contributed by atoms with E-state index >= 15 is 0 Å². The van der Waals surface area contributed by atoms with Crippen LogP contribution in [0.3, 0.4) is 0 Å². The van der Waals surface area contributed by atoms with E-state index in [2.05, 4.69) is 69.2 Å². The summed E-state index contributed by atoms with van der Waals surface area (Å²) in [6, 6.07) is 19.9. The molecule has 10 atom stereocenters. The number of esters is 1. The maximum atomic E-state index is 14.1. The van der Waals surface area contributed by atoms with Gasteiger partial charge in [-0.05, 0) is 130 Å². The number of allylic oxidation sites excluding steroid dienone is 2. The highest BCUT2D eigenvalue weighted by Gasteiger charge is 2.52. The largest absolute Gasteiger partial charge is 0.459 e. The second-order valence-electron chi connectivity index (χ2n) is 26.2. The van der Waals surface area contributed by atoms with E-state index in [-0.39, 0.29) is 117 Å². The lowest BCUT2D eigenvalue weighted by atomic mass is 9.88. The number of fused-ring (bicyclic) bond motifs is 3. The number of rotatable bonds is 30. The molecular weight excluding hydrogens is 1230 g/mol. The first-order valence-electron chi connectivity index (χ1n) is 33.9. The number of unbranched alkanes of at least 4 members (excludes halogenated alkanes) is 2. The van der Waals surface area contributed by atoms with Crippen LogP contribution in [0.4, 0.5) is 20.1 Å². The fourth-order valence-electron chi connectivity index (χ4n) is 12.8. The summed E-state index contributed by atoms with van der Waals surface area (Å²) in [4.78, 5) is 117. The number of hydrogen-bond acceptors (Lipinski definition) is 15. The van der Waals surface area contributed by atoms with Crippen LogP contribution in [0, 0.1) is 11.8 Å². The number of alkyl carbamates (subject to hydrolysis) is 1. The molecule has 520 valence electrons. The molecule has 3 aromatic rings. The minimum Gasteiger partial charge on any atom is -0.459 e. The molecule has 0 radical (unpaired) electrons. The Balaban J connectivity index is 0.750. The van der Waals surface area contributed by atoms with Gasteiger partial charge in [0.2, 0.25) is 29.5 Å². The highest BCUT2D eigenvalue weighted by Crippen LogP contribution is 2.45. The maximum Gasteiger partial charge on any atom is 0.429 e. The third-order valence-corrected chi connectivity index (χ3v) is 18.1. The fourth-order valence-corrected chi connectivity index (χ4v) is 12.8. The van der Waals surface area contributed by atoms with Crippen molar-refractivity contribution < 1.29 is 71.6 Å². The molecule has 5 aliphatic rings. The molecule has 4 saturated heterocycles. The van der Waals surface area contributed by atoms with E-state index in [4.69, 9.17) is 34.2 Å². The predicted octanol–water partition coefficient (Wildman–Crippen LogP) is 8.68. The Bertz CT molecular complexity index is 3250. The Morgan fingerprint density at radius 2 is 1.46 bits per heavy atom. The molecule has 0 unspecified atom stereocenters. The minimum absolute atomic E-state index is 0.0441. The number of nitrogens with two attached hydrogens (primary N) is 1. The monoisotopic (exact) mass is 1330 g/mol. The quantitative estimate of drug-likeness (QED) is 0.00820. The Morgan fingerprint density at radius 1 is 0.771 bits per heavy atom. The van der Waals surface area contributed by atoms with Gasteiger partial charge in [0.1, 0.15) is 31.4 Å². The number of primary amides is 1. The molecule has 24 nitrogen and oxygen atoms in total. The number of amides is 9. The number of anilines is 1. The summed E-state index contributed by atoms with van der Waals surface area (Å²) >= 11 is 0. The van der Waals surface area contributed by atoms with E-state index < -0.39 is 60.3 Å². The zero-order chi connectivity index (χ0) is 68.9. The maximum absolute atomic E-state index is 14.1. The zero-order valence-corrected chi connectivity index (χ0v) is 56.4. The molecule has 9 amide bonds. The van der Waals surface area contributed by atoms with Crippen molar-refractivity contribution in [1.29, 1.82) is 0 Å². The van der Waals surface area contributed by atoms with Crippen LogP contribution in [0.25, 0.3) is 11.1 Å². The van der Waals surface area contributed by atoms with E-state index in [1.165, 1.54) is 23.0 Å². The number of epoxide rings is 1. The number of hydrazine groups is 1. The van der Waals surface area contributed by atoms with Gasteiger partial charge in [-0.3, -0.25) is 28.8 Å². The number of urea groups is 1. The van der Waals surface area contributed by atoms with Gasteiger partial charge in [-0.15, -0.1) is 0 Å². The van der Waals surface area contributed by atoms with Crippen molar-refractivity contribution in [3.8, 4) is 11.1 Å². The van der Waals surface area contributed by atoms with Gasteiger partial charge in [0, 0.05) is 70.0 Å². The van der Waals surface area contributed by atoms with Crippen LogP contribution in [0.1, 0.15) is 155 Å². The first-order chi connectivity index (χ1) is 46.0. The van der Waals surface area contributed by atoms with E-state index in [1.54, 1.807) is 51.1 Å². The molecule has 1 aliphatic carbocycles. The summed E-state index contributed by atoms with van der Waals surface area (Å²) in [6.07, 6.45) is 12.7. The van der Waals surface area contributed by atoms with Crippen LogP contribution >= 0.6 is 0 Å². The number of nitrogens with zero attached hydrogens (tertiary/aromatic N) is 2. The molecule has 0 aromatic heterocycles. The average Bonchev–Trinajstić information content (AvgIpc) is 1.62. The molecule has 4 heterocycles. The second kappa shape index (κ2) is 35.4. The second-order valence-corrected chi connectivity index (χ2v) is 26.2. The first-order valence-corrected chi connectivity index (χ1v) is 33.9. The van der Waals surface area contributed by atoms with Gasteiger partial charge < -0.3 is 66.1 Å². The van der Waals surface area contributed by atoms with Gasteiger partial charge >= 0.3 is 24.2 Å². The molecule has 1 spiro atoms. The van der Waals surface area contributed by atoms with Crippen LogP contribution in [0.5, 0.6) is 0 Å². The molecule has 24 heteroatoms. The van der Waals surface area contributed by atoms with Crippen LogP contribution in [0.2, 0.25) is 0 Å². The summed E-state index contributed by atoms with van der Waals surface area (Å²) in [5, 5.41) is 19.6. The lowest BCUT2D eigenvalue weighted by Crippen LogP contribution is -2.54. The highest BCUT2D eigenvalue weighted by atomic mass is 16.6. The molecule has 3 aromatic carbocycles. The van der Waals surface area contributed by atoms with E-state index in [0.717, 1.165) is 34.2 Å². The summed E-state index contributed by atoms with van der Waals surface area (Å²) in [5.41, 5.74) is 11.5. The van der Waals surface area contributed by atoms with Crippen LogP contribution in [-0.2, 0) is 63.8 Å². The van der Waals surface area contributed by atoms with Crippen molar-refractivity contribution in [3.05, 3.63) is 125 Å². The highest BCUT2D eigenvalue weighted by molar-refractivity contribution is 5.98. The average molecular weight is 1330 g/mol. The molecule has 0 bridgehead atoms. The summed E-state index contributed by atoms with van der Waals surface area (Å²) in [7, 11) is 0. The lowest BCUT2D eigenvalue weighted by molar-refractivity contribution is -0.155. The van der Waals surface area contributed by atoms with Crippen LogP contribution in [-0.4, -0.2) is 157 Å². The topological polar surface area (TPSA) is 317 Å².